The van der Waals surface area contributed by atoms with Crippen molar-refractivity contribution in [1.29, 1.82) is 0 Å². The highest BCUT2D eigenvalue weighted by atomic mass is 16.5. The summed E-state index contributed by atoms with van der Waals surface area (Å²) < 4.78 is 11.2. The summed E-state index contributed by atoms with van der Waals surface area (Å²) in [5, 5.41) is 2.70. The molecule has 6 heteroatoms. The van der Waals surface area contributed by atoms with E-state index < -0.39 is 0 Å². The van der Waals surface area contributed by atoms with Crippen molar-refractivity contribution in [3.63, 3.8) is 0 Å². The van der Waals surface area contributed by atoms with Crippen molar-refractivity contribution < 1.29 is 19.1 Å². The number of fused-ring (bicyclic) bond motifs is 1. The molecule has 0 radical (unpaired) electrons. The van der Waals surface area contributed by atoms with Crippen molar-refractivity contribution in [3.8, 4) is 11.5 Å². The van der Waals surface area contributed by atoms with Gasteiger partial charge < -0.3 is 19.7 Å². The van der Waals surface area contributed by atoms with Gasteiger partial charge in [0, 0.05) is 18.7 Å². The summed E-state index contributed by atoms with van der Waals surface area (Å²) in [7, 11) is 0. The molecule has 0 bridgehead atoms. The van der Waals surface area contributed by atoms with Crippen LogP contribution >= 0.6 is 0 Å². The average molecular weight is 340 g/mol. The Bertz CT molecular complexity index is 804. The van der Waals surface area contributed by atoms with Gasteiger partial charge in [-0.3, -0.25) is 9.59 Å². The van der Waals surface area contributed by atoms with Gasteiger partial charge in [-0.1, -0.05) is 12.1 Å². The molecule has 1 aliphatic rings. The SMILES string of the molecule is CC(=O)Nc1ccc2c(c1)OCC(=O)N2CCOc1cccc(C)c1. The molecule has 2 amide bonds. The first kappa shape index (κ1) is 16.8. The van der Waals surface area contributed by atoms with Crippen LogP contribution < -0.4 is 19.7 Å². The maximum absolute atomic E-state index is 12.2. The van der Waals surface area contributed by atoms with E-state index in [2.05, 4.69) is 5.32 Å². The maximum Gasteiger partial charge on any atom is 0.265 e. The Labute approximate surface area is 146 Å². The molecule has 0 saturated heterocycles. The van der Waals surface area contributed by atoms with Crippen LogP contribution in [0.5, 0.6) is 11.5 Å². The number of amides is 2. The fourth-order valence-electron chi connectivity index (χ4n) is 2.69. The molecule has 0 atom stereocenters. The lowest BCUT2D eigenvalue weighted by atomic mass is 10.2. The molecule has 130 valence electrons. The van der Waals surface area contributed by atoms with Crippen LogP contribution in [0.2, 0.25) is 0 Å². The van der Waals surface area contributed by atoms with E-state index in [9.17, 15) is 9.59 Å². The molecule has 0 spiro atoms. The lowest BCUT2D eigenvalue weighted by Crippen LogP contribution is -2.41. The largest absolute Gasteiger partial charge is 0.492 e. The van der Waals surface area contributed by atoms with Gasteiger partial charge in [-0.2, -0.15) is 0 Å². The van der Waals surface area contributed by atoms with Crippen molar-refractivity contribution in [2.24, 2.45) is 0 Å². The van der Waals surface area contributed by atoms with Crippen molar-refractivity contribution in [2.75, 3.05) is 30.0 Å². The van der Waals surface area contributed by atoms with E-state index in [4.69, 9.17) is 9.47 Å². The van der Waals surface area contributed by atoms with Gasteiger partial charge in [-0.25, -0.2) is 0 Å². The van der Waals surface area contributed by atoms with Gasteiger partial charge in [-0.05, 0) is 36.8 Å². The Kier molecular flexibility index (Phi) is 4.88. The lowest BCUT2D eigenvalue weighted by Gasteiger charge is -2.29. The number of anilines is 2. The number of ether oxygens (including phenoxy) is 2. The minimum atomic E-state index is -0.157. The quantitative estimate of drug-likeness (QED) is 0.909. The second-order valence-electron chi connectivity index (χ2n) is 5.86. The fraction of sp³-hybridized carbons (Fsp3) is 0.263. The number of carbonyl (C=O) groups is 2. The smallest absolute Gasteiger partial charge is 0.265 e. The number of aryl methyl sites for hydroxylation is 1. The molecule has 1 N–H and O–H groups in total. The molecule has 3 rings (SSSR count). The van der Waals surface area contributed by atoms with E-state index in [-0.39, 0.29) is 18.4 Å². The van der Waals surface area contributed by atoms with E-state index in [1.54, 1.807) is 23.1 Å². The standard InChI is InChI=1S/C19H20N2O4/c1-13-4-3-5-16(10-13)24-9-8-21-17-7-6-15(20-14(2)22)11-18(17)25-12-19(21)23/h3-7,10-11H,8-9,12H2,1-2H3,(H,20,22). The van der Waals surface area contributed by atoms with Gasteiger partial charge in [0.1, 0.15) is 18.1 Å². The first-order valence-corrected chi connectivity index (χ1v) is 8.07. The van der Waals surface area contributed by atoms with Crippen LogP contribution in [0.25, 0.3) is 0 Å². The number of hydrogen-bond donors (Lipinski definition) is 1. The zero-order valence-electron chi connectivity index (χ0n) is 14.2. The van der Waals surface area contributed by atoms with Gasteiger partial charge >= 0.3 is 0 Å². The van der Waals surface area contributed by atoms with Crippen LogP contribution in [0.3, 0.4) is 0 Å². The van der Waals surface area contributed by atoms with Gasteiger partial charge in [0.15, 0.2) is 6.61 Å². The second kappa shape index (κ2) is 7.25. The van der Waals surface area contributed by atoms with E-state index in [0.29, 0.717) is 30.3 Å². The summed E-state index contributed by atoms with van der Waals surface area (Å²) in [5.74, 6) is 1.08. The van der Waals surface area contributed by atoms with Crippen molar-refractivity contribution in [2.45, 2.75) is 13.8 Å². The van der Waals surface area contributed by atoms with Crippen molar-refractivity contribution in [3.05, 3.63) is 48.0 Å². The molecule has 0 unspecified atom stereocenters. The zero-order valence-corrected chi connectivity index (χ0v) is 14.2. The van der Waals surface area contributed by atoms with Crippen LogP contribution in [-0.4, -0.2) is 31.6 Å². The Balaban J connectivity index is 1.69. The monoisotopic (exact) mass is 340 g/mol. The molecular weight excluding hydrogens is 320 g/mol. The molecule has 1 heterocycles. The molecular formula is C19H20N2O4. The molecule has 1 aliphatic heterocycles. The fourth-order valence-corrected chi connectivity index (χ4v) is 2.69. The number of nitrogens with zero attached hydrogens (tertiary/aromatic N) is 1. The third kappa shape index (κ3) is 4.09. The first-order chi connectivity index (χ1) is 12.0. The highest BCUT2D eigenvalue weighted by molar-refractivity contribution is 5.98. The number of rotatable bonds is 5. The molecule has 2 aromatic rings. The van der Waals surface area contributed by atoms with Gasteiger partial charge in [-0.15, -0.1) is 0 Å². The van der Waals surface area contributed by atoms with E-state index in [1.165, 1.54) is 6.92 Å². The summed E-state index contributed by atoms with van der Waals surface area (Å²) in [4.78, 5) is 25.0. The highest BCUT2D eigenvalue weighted by Gasteiger charge is 2.25. The van der Waals surface area contributed by atoms with Crippen LogP contribution in [0.4, 0.5) is 11.4 Å². The lowest BCUT2D eigenvalue weighted by molar-refractivity contribution is -0.121. The van der Waals surface area contributed by atoms with E-state index in [0.717, 1.165) is 11.3 Å². The minimum absolute atomic E-state index is 0.0268. The predicted octanol–water partition coefficient (Wildman–Crippen LogP) is 2.76. The molecule has 0 fully saturated rings. The first-order valence-electron chi connectivity index (χ1n) is 8.07. The van der Waals surface area contributed by atoms with Crippen LogP contribution in [-0.2, 0) is 9.59 Å². The molecule has 2 aromatic carbocycles. The van der Waals surface area contributed by atoms with E-state index in [1.807, 2.05) is 31.2 Å². The predicted molar refractivity (Wildman–Crippen MR) is 95.3 cm³/mol. The van der Waals surface area contributed by atoms with Crippen LogP contribution in [0.1, 0.15) is 12.5 Å². The minimum Gasteiger partial charge on any atom is -0.492 e. The number of hydrogen-bond acceptors (Lipinski definition) is 4. The number of benzene rings is 2. The molecule has 0 saturated carbocycles. The Morgan fingerprint density at radius 3 is 2.88 bits per heavy atom. The normalized spacial score (nSPS) is 13.0. The van der Waals surface area contributed by atoms with E-state index >= 15 is 0 Å². The second-order valence-corrected chi connectivity index (χ2v) is 5.86. The van der Waals surface area contributed by atoms with Crippen molar-refractivity contribution in [1.82, 2.24) is 0 Å². The van der Waals surface area contributed by atoms with Gasteiger partial charge in [0.05, 0.1) is 12.2 Å². The number of nitrogens with one attached hydrogen (secondary N) is 1. The van der Waals surface area contributed by atoms with Crippen LogP contribution in [0.15, 0.2) is 42.5 Å². The molecule has 25 heavy (non-hydrogen) atoms. The summed E-state index contributed by atoms with van der Waals surface area (Å²) in [6.07, 6.45) is 0. The maximum atomic E-state index is 12.2. The highest BCUT2D eigenvalue weighted by Crippen LogP contribution is 2.34. The molecule has 0 aliphatic carbocycles. The van der Waals surface area contributed by atoms with Crippen LogP contribution in [0, 0.1) is 6.92 Å². The summed E-state index contributed by atoms with van der Waals surface area (Å²) in [6.45, 7) is 4.21. The Morgan fingerprint density at radius 2 is 2.12 bits per heavy atom. The number of carbonyl (C=O) groups excluding carboxylic acids is 2. The summed E-state index contributed by atoms with van der Waals surface area (Å²) in [6, 6.07) is 13.0. The van der Waals surface area contributed by atoms with Crippen molar-refractivity contribution >= 4 is 23.2 Å². The molecule has 0 aromatic heterocycles. The third-order valence-corrected chi connectivity index (χ3v) is 3.80. The van der Waals surface area contributed by atoms with Gasteiger partial charge in [0.25, 0.3) is 5.91 Å². The average Bonchev–Trinajstić information content (AvgIpc) is 2.56. The zero-order chi connectivity index (χ0) is 17.8. The Morgan fingerprint density at radius 1 is 1.28 bits per heavy atom. The topological polar surface area (TPSA) is 67.9 Å². The molecule has 6 nitrogen and oxygen atoms in total. The Hall–Kier alpha value is -3.02. The summed E-state index contributed by atoms with van der Waals surface area (Å²) in [5.41, 5.74) is 2.44. The third-order valence-electron chi connectivity index (χ3n) is 3.80. The van der Waals surface area contributed by atoms with Gasteiger partial charge in [0.2, 0.25) is 5.91 Å². The summed E-state index contributed by atoms with van der Waals surface area (Å²) >= 11 is 0.